The van der Waals surface area contributed by atoms with Crippen molar-refractivity contribution >= 4 is 13.7 Å². The van der Waals surface area contributed by atoms with Gasteiger partial charge in [-0.15, -0.1) is 0 Å². The average Bonchev–Trinajstić information content (AvgIpc) is 3.04. The highest BCUT2D eigenvalue weighted by atomic mass is 31.2. The number of allylic oxidation sites excluding steroid dienone is 3. The first-order chi connectivity index (χ1) is 23.5. The minimum absolute atomic E-state index is 0.0596. The van der Waals surface area contributed by atoms with E-state index in [9.17, 15) is 19.4 Å². The number of amides is 1. The van der Waals surface area contributed by atoms with Crippen LogP contribution in [0, 0.1) is 0 Å². The van der Waals surface area contributed by atoms with Crippen molar-refractivity contribution in [1.82, 2.24) is 5.32 Å². The lowest BCUT2D eigenvalue weighted by molar-refractivity contribution is -0.870. The molecule has 8 nitrogen and oxygen atoms in total. The SMILES string of the molecule is CCCCCCCC/C=C\CCCCCC(=O)NC(COP(=O)(O)OCC[N+](C)(C)C)C(O)/C=C/CCCCCCCCCCCCCC. The Kier molecular flexibility index (Phi) is 32.2. The predicted molar refractivity (Wildman–Crippen MR) is 208 cm³/mol. The third-order valence-electron chi connectivity index (χ3n) is 8.92. The minimum atomic E-state index is -4.33. The molecule has 0 fully saturated rings. The molecule has 0 aliphatic rings. The summed E-state index contributed by atoms with van der Waals surface area (Å²) < 4.78 is 23.5. The lowest BCUT2D eigenvalue weighted by Gasteiger charge is -2.25. The van der Waals surface area contributed by atoms with Gasteiger partial charge in [-0.25, -0.2) is 4.57 Å². The van der Waals surface area contributed by atoms with Crippen LogP contribution in [0.2, 0.25) is 0 Å². The fourth-order valence-corrected chi connectivity index (χ4v) is 6.36. The van der Waals surface area contributed by atoms with E-state index >= 15 is 0 Å². The van der Waals surface area contributed by atoms with Gasteiger partial charge in [0.25, 0.3) is 0 Å². The lowest BCUT2D eigenvalue weighted by Crippen LogP contribution is -2.45. The predicted octanol–water partition coefficient (Wildman–Crippen LogP) is 10.6. The number of nitrogens with zero attached hydrogens (tertiary/aromatic N) is 1. The van der Waals surface area contributed by atoms with E-state index in [1.807, 2.05) is 27.2 Å². The number of nitrogens with one attached hydrogen (secondary N) is 1. The van der Waals surface area contributed by atoms with Crippen LogP contribution in [0.3, 0.4) is 0 Å². The number of rotatable bonds is 36. The quantitative estimate of drug-likeness (QED) is 0.0258. The Bertz CT molecular complexity index is 860. The molecule has 0 saturated carbocycles. The van der Waals surface area contributed by atoms with E-state index in [0.29, 0.717) is 17.4 Å². The van der Waals surface area contributed by atoms with E-state index in [-0.39, 0.29) is 19.1 Å². The first kappa shape index (κ1) is 48.0. The van der Waals surface area contributed by atoms with Crippen LogP contribution in [-0.4, -0.2) is 73.4 Å². The average molecular weight is 716 g/mol. The molecule has 3 unspecified atom stereocenters. The summed E-state index contributed by atoms with van der Waals surface area (Å²) >= 11 is 0. The molecule has 0 bridgehead atoms. The van der Waals surface area contributed by atoms with Crippen LogP contribution in [0.25, 0.3) is 0 Å². The number of quaternary nitrogens is 1. The maximum absolute atomic E-state index is 12.8. The second kappa shape index (κ2) is 32.9. The molecule has 0 aromatic rings. The zero-order valence-corrected chi connectivity index (χ0v) is 33.6. The molecule has 0 rings (SSSR count). The Balaban J connectivity index is 4.54. The second-order valence-electron chi connectivity index (χ2n) is 15.0. The maximum Gasteiger partial charge on any atom is 0.472 e. The first-order valence-electron chi connectivity index (χ1n) is 20.2. The number of unbranched alkanes of at least 4 members (excludes halogenated alkanes) is 21. The summed E-state index contributed by atoms with van der Waals surface area (Å²) in [4.78, 5) is 23.0. The lowest BCUT2D eigenvalue weighted by atomic mass is 10.0. The number of carbonyl (C=O) groups is 1. The molecule has 49 heavy (non-hydrogen) atoms. The van der Waals surface area contributed by atoms with Crippen LogP contribution in [0.1, 0.15) is 174 Å². The first-order valence-corrected chi connectivity index (χ1v) is 21.7. The van der Waals surface area contributed by atoms with Crippen molar-refractivity contribution < 1.29 is 32.9 Å². The van der Waals surface area contributed by atoms with E-state index in [2.05, 4.69) is 31.3 Å². The maximum atomic E-state index is 12.8. The number of hydrogen-bond acceptors (Lipinski definition) is 5. The number of aliphatic hydroxyl groups excluding tert-OH is 1. The third kappa shape index (κ3) is 35.2. The van der Waals surface area contributed by atoms with E-state index < -0.39 is 20.0 Å². The highest BCUT2D eigenvalue weighted by molar-refractivity contribution is 7.47. The van der Waals surface area contributed by atoms with Crippen LogP contribution >= 0.6 is 7.82 Å². The Labute approximate surface area is 303 Å². The summed E-state index contributed by atoms with van der Waals surface area (Å²) in [5.74, 6) is -0.195. The van der Waals surface area contributed by atoms with Gasteiger partial charge in [-0.2, -0.15) is 0 Å². The van der Waals surface area contributed by atoms with Crippen molar-refractivity contribution in [3.05, 3.63) is 24.3 Å². The molecule has 0 aliphatic heterocycles. The van der Waals surface area contributed by atoms with Gasteiger partial charge in [0, 0.05) is 6.42 Å². The topological polar surface area (TPSA) is 105 Å². The minimum Gasteiger partial charge on any atom is -0.387 e. The molecule has 0 aromatic carbocycles. The third-order valence-corrected chi connectivity index (χ3v) is 9.90. The number of aliphatic hydroxyl groups is 1. The molecule has 290 valence electrons. The summed E-state index contributed by atoms with van der Waals surface area (Å²) in [6, 6.07) is -0.849. The van der Waals surface area contributed by atoms with Gasteiger partial charge in [-0.05, 0) is 44.9 Å². The molecular formula is C40H80N2O6P+. The summed E-state index contributed by atoms with van der Waals surface area (Å²) in [5.41, 5.74) is 0. The summed E-state index contributed by atoms with van der Waals surface area (Å²) in [6.45, 7) is 4.78. The van der Waals surface area contributed by atoms with Crippen molar-refractivity contribution in [2.45, 2.75) is 187 Å². The molecule has 0 aromatic heterocycles. The standard InChI is InChI=1S/C40H79N2O6P/c1-6-8-10-12-14-16-18-20-22-23-25-27-29-31-33-39(43)38(37-48-49(45,46)47-36-35-42(3,4)5)41-40(44)34-32-30-28-26-24-21-19-17-15-13-11-9-7-2/h21,24,31,33,38-39,43H,6-20,22-23,25-30,32,34-37H2,1-5H3,(H-,41,44,45,46)/p+1/b24-21-,33-31+. The van der Waals surface area contributed by atoms with Gasteiger partial charge < -0.3 is 19.8 Å². The van der Waals surface area contributed by atoms with Crippen molar-refractivity contribution in [2.75, 3.05) is 40.9 Å². The molecule has 3 atom stereocenters. The fraction of sp³-hybridized carbons (Fsp3) is 0.875. The Hall–Kier alpha value is -1.02. The molecule has 0 spiro atoms. The monoisotopic (exact) mass is 716 g/mol. The van der Waals surface area contributed by atoms with Crippen LogP contribution in [0.4, 0.5) is 0 Å². The second-order valence-corrected chi connectivity index (χ2v) is 16.5. The van der Waals surface area contributed by atoms with E-state index in [1.165, 1.54) is 103 Å². The van der Waals surface area contributed by atoms with Crippen LogP contribution in [0.15, 0.2) is 24.3 Å². The number of carbonyl (C=O) groups excluding carboxylic acids is 1. The zero-order chi connectivity index (χ0) is 36.5. The Morgan fingerprint density at radius 1 is 0.673 bits per heavy atom. The van der Waals surface area contributed by atoms with Gasteiger partial charge in [0.05, 0.1) is 39.9 Å². The highest BCUT2D eigenvalue weighted by Crippen LogP contribution is 2.43. The van der Waals surface area contributed by atoms with Gasteiger partial charge in [-0.3, -0.25) is 13.8 Å². The Morgan fingerprint density at radius 3 is 1.57 bits per heavy atom. The molecule has 0 saturated heterocycles. The molecule has 3 N–H and O–H groups in total. The van der Waals surface area contributed by atoms with Gasteiger partial charge >= 0.3 is 7.82 Å². The van der Waals surface area contributed by atoms with Crippen LogP contribution in [-0.2, 0) is 18.4 Å². The smallest absolute Gasteiger partial charge is 0.387 e. The van der Waals surface area contributed by atoms with E-state index in [1.54, 1.807) is 6.08 Å². The molecule has 0 aliphatic carbocycles. The van der Waals surface area contributed by atoms with Crippen molar-refractivity contribution in [2.24, 2.45) is 0 Å². The fourth-order valence-electron chi connectivity index (χ4n) is 5.62. The molecule has 0 radical (unpaired) electrons. The van der Waals surface area contributed by atoms with Gasteiger partial charge in [-0.1, -0.05) is 147 Å². The van der Waals surface area contributed by atoms with Gasteiger partial charge in [0.1, 0.15) is 13.2 Å². The van der Waals surface area contributed by atoms with Crippen molar-refractivity contribution in [1.29, 1.82) is 0 Å². The zero-order valence-electron chi connectivity index (χ0n) is 32.7. The van der Waals surface area contributed by atoms with Crippen LogP contribution in [0.5, 0.6) is 0 Å². The van der Waals surface area contributed by atoms with Crippen molar-refractivity contribution in [3.63, 3.8) is 0 Å². The number of phosphoric acid groups is 1. The number of hydrogen-bond donors (Lipinski definition) is 3. The van der Waals surface area contributed by atoms with Crippen LogP contribution < -0.4 is 5.32 Å². The number of likely N-dealkylation sites (N-methyl/N-ethyl adjacent to an activating group) is 1. The molecule has 9 heteroatoms. The van der Waals surface area contributed by atoms with Gasteiger partial charge in [0.15, 0.2) is 0 Å². The van der Waals surface area contributed by atoms with E-state index in [0.717, 1.165) is 51.4 Å². The summed E-state index contributed by atoms with van der Waals surface area (Å²) in [6.07, 6.45) is 36.6. The number of phosphoric ester groups is 1. The Morgan fingerprint density at radius 2 is 1.10 bits per heavy atom. The van der Waals surface area contributed by atoms with Crippen molar-refractivity contribution in [3.8, 4) is 0 Å². The summed E-state index contributed by atoms with van der Waals surface area (Å²) in [5, 5.41) is 13.8. The highest BCUT2D eigenvalue weighted by Gasteiger charge is 2.27. The molecular weight excluding hydrogens is 635 g/mol. The van der Waals surface area contributed by atoms with E-state index in [4.69, 9.17) is 9.05 Å². The normalized spacial score (nSPS) is 14.8. The summed E-state index contributed by atoms with van der Waals surface area (Å²) in [7, 11) is 1.56. The largest absolute Gasteiger partial charge is 0.472 e. The molecule has 0 heterocycles. The molecule has 1 amide bonds. The van der Waals surface area contributed by atoms with Gasteiger partial charge in [0.2, 0.25) is 5.91 Å².